The van der Waals surface area contributed by atoms with E-state index in [0.717, 1.165) is 36.7 Å². The summed E-state index contributed by atoms with van der Waals surface area (Å²) >= 11 is 7.67. The number of amides is 1. The van der Waals surface area contributed by atoms with Gasteiger partial charge in [-0.1, -0.05) is 62.2 Å². The lowest BCUT2D eigenvalue weighted by Gasteiger charge is -2.21. The summed E-state index contributed by atoms with van der Waals surface area (Å²) in [6.07, 6.45) is 6.45. The Balaban J connectivity index is 1.73. The van der Waals surface area contributed by atoms with Crippen molar-refractivity contribution in [2.24, 2.45) is 0 Å². The van der Waals surface area contributed by atoms with Crippen molar-refractivity contribution in [3.05, 3.63) is 35.1 Å². The van der Waals surface area contributed by atoms with Crippen molar-refractivity contribution >= 4 is 29.3 Å². The Morgan fingerprint density at radius 3 is 2.63 bits per heavy atom. The van der Waals surface area contributed by atoms with Crippen LogP contribution in [0.25, 0.3) is 0 Å². The van der Waals surface area contributed by atoms with Crippen molar-refractivity contribution in [3.63, 3.8) is 0 Å². The Labute approximate surface area is 188 Å². The third-order valence-corrected chi connectivity index (χ3v) is 6.96. The molecule has 1 atom stereocenters. The van der Waals surface area contributed by atoms with Gasteiger partial charge < -0.3 is 14.6 Å². The molecule has 8 heteroatoms. The highest BCUT2D eigenvalue weighted by Gasteiger charge is 2.25. The van der Waals surface area contributed by atoms with Crippen LogP contribution in [0.15, 0.2) is 29.4 Å². The maximum absolute atomic E-state index is 12.6. The lowest BCUT2D eigenvalue weighted by atomic mass is 10.2. The fourth-order valence-corrected chi connectivity index (χ4v) is 4.95. The quantitative estimate of drug-likeness (QED) is 0.490. The molecule has 1 aromatic heterocycles. The number of para-hydroxylation sites is 1. The SMILES string of the molecule is CCC(CC)n1c(COc2ccccc2Cl)nnc1SC(C)C(=O)NC1CCCC1. The summed E-state index contributed by atoms with van der Waals surface area (Å²) in [5.74, 6) is 1.44. The van der Waals surface area contributed by atoms with Crippen molar-refractivity contribution in [1.82, 2.24) is 20.1 Å². The van der Waals surface area contributed by atoms with Crippen molar-refractivity contribution in [2.45, 2.75) is 88.4 Å². The summed E-state index contributed by atoms with van der Waals surface area (Å²) in [5, 5.41) is 13.1. The molecule has 2 aromatic rings. The van der Waals surface area contributed by atoms with E-state index in [9.17, 15) is 4.79 Å². The van der Waals surface area contributed by atoms with Gasteiger partial charge >= 0.3 is 0 Å². The number of aromatic nitrogens is 3. The molecule has 1 fully saturated rings. The van der Waals surface area contributed by atoms with Gasteiger partial charge in [0.25, 0.3) is 0 Å². The van der Waals surface area contributed by atoms with E-state index in [1.807, 2.05) is 25.1 Å². The summed E-state index contributed by atoms with van der Waals surface area (Å²) in [6, 6.07) is 7.96. The number of thioether (sulfide) groups is 1. The van der Waals surface area contributed by atoms with E-state index in [1.165, 1.54) is 24.6 Å². The summed E-state index contributed by atoms with van der Waals surface area (Å²) in [5.41, 5.74) is 0. The number of nitrogens with zero attached hydrogens (tertiary/aromatic N) is 3. The van der Waals surface area contributed by atoms with Gasteiger partial charge in [-0.3, -0.25) is 4.79 Å². The minimum Gasteiger partial charge on any atom is -0.484 e. The largest absolute Gasteiger partial charge is 0.484 e. The van der Waals surface area contributed by atoms with Crippen LogP contribution in [0, 0.1) is 0 Å². The van der Waals surface area contributed by atoms with Crippen LogP contribution in [-0.2, 0) is 11.4 Å². The number of benzene rings is 1. The third kappa shape index (κ3) is 5.70. The molecule has 1 unspecified atom stereocenters. The van der Waals surface area contributed by atoms with Crippen molar-refractivity contribution in [2.75, 3.05) is 0 Å². The molecule has 164 valence electrons. The molecular weight excluding hydrogens is 420 g/mol. The molecule has 1 amide bonds. The maximum atomic E-state index is 12.6. The first-order valence-corrected chi connectivity index (χ1v) is 12.1. The molecule has 6 nitrogen and oxygen atoms in total. The average molecular weight is 451 g/mol. The van der Waals surface area contributed by atoms with Crippen LogP contribution in [-0.4, -0.2) is 32.0 Å². The standard InChI is InChI=1S/C22H31ClN4O2S/c1-4-17(5-2)27-20(14-29-19-13-9-8-12-18(19)23)25-26-22(27)30-15(3)21(28)24-16-10-6-7-11-16/h8-9,12-13,15-17H,4-7,10-11,14H2,1-3H3,(H,24,28). The smallest absolute Gasteiger partial charge is 0.233 e. The maximum Gasteiger partial charge on any atom is 0.233 e. The number of halogens is 1. The van der Waals surface area contributed by atoms with Crippen LogP contribution in [0.4, 0.5) is 0 Å². The number of hydrogen-bond acceptors (Lipinski definition) is 5. The second kappa shape index (κ2) is 11.0. The van der Waals surface area contributed by atoms with Crippen LogP contribution in [0.3, 0.4) is 0 Å². The molecule has 0 saturated heterocycles. The molecule has 1 N–H and O–H groups in total. The van der Waals surface area contributed by atoms with Gasteiger partial charge in [0, 0.05) is 12.1 Å². The number of carbonyl (C=O) groups excluding carboxylic acids is 1. The molecule has 1 aromatic carbocycles. The first-order valence-electron chi connectivity index (χ1n) is 10.8. The highest BCUT2D eigenvalue weighted by Crippen LogP contribution is 2.30. The van der Waals surface area contributed by atoms with Crippen LogP contribution in [0.1, 0.15) is 71.2 Å². The second-order valence-corrected chi connectivity index (χ2v) is 9.42. The van der Waals surface area contributed by atoms with E-state index in [0.29, 0.717) is 16.8 Å². The Hall–Kier alpha value is -1.73. The minimum atomic E-state index is -0.236. The molecular formula is C22H31ClN4O2S. The predicted octanol–water partition coefficient (Wildman–Crippen LogP) is 5.41. The van der Waals surface area contributed by atoms with Crippen molar-refractivity contribution < 1.29 is 9.53 Å². The zero-order chi connectivity index (χ0) is 21.5. The molecule has 1 aliphatic rings. The van der Waals surface area contributed by atoms with Crippen LogP contribution >= 0.6 is 23.4 Å². The Bertz CT molecular complexity index is 834. The van der Waals surface area contributed by atoms with E-state index >= 15 is 0 Å². The third-order valence-electron chi connectivity index (χ3n) is 5.59. The van der Waals surface area contributed by atoms with Gasteiger partial charge in [0.2, 0.25) is 5.91 Å². The lowest BCUT2D eigenvalue weighted by molar-refractivity contribution is -0.120. The fourth-order valence-electron chi connectivity index (χ4n) is 3.81. The zero-order valence-corrected chi connectivity index (χ0v) is 19.5. The second-order valence-electron chi connectivity index (χ2n) is 7.71. The summed E-state index contributed by atoms with van der Waals surface area (Å²) in [4.78, 5) is 12.6. The monoisotopic (exact) mass is 450 g/mol. The van der Waals surface area contributed by atoms with Gasteiger partial charge in [0.05, 0.1) is 10.3 Å². The van der Waals surface area contributed by atoms with E-state index < -0.39 is 0 Å². The van der Waals surface area contributed by atoms with Gasteiger partial charge in [0.15, 0.2) is 11.0 Å². The highest BCUT2D eigenvalue weighted by molar-refractivity contribution is 8.00. The number of ether oxygens (including phenoxy) is 1. The average Bonchev–Trinajstić information content (AvgIpc) is 3.39. The highest BCUT2D eigenvalue weighted by atomic mass is 35.5. The first-order chi connectivity index (χ1) is 14.5. The zero-order valence-electron chi connectivity index (χ0n) is 17.9. The van der Waals surface area contributed by atoms with Gasteiger partial charge in [0.1, 0.15) is 12.4 Å². The molecule has 1 aliphatic carbocycles. The number of carbonyl (C=O) groups is 1. The topological polar surface area (TPSA) is 69.0 Å². The van der Waals surface area contributed by atoms with Crippen LogP contribution in [0.2, 0.25) is 5.02 Å². The number of rotatable bonds is 10. The van der Waals surface area contributed by atoms with Gasteiger partial charge in [-0.2, -0.15) is 0 Å². The molecule has 1 saturated carbocycles. The normalized spacial score (nSPS) is 15.5. The molecule has 3 rings (SSSR count). The van der Waals surface area contributed by atoms with E-state index in [-0.39, 0.29) is 23.8 Å². The number of nitrogens with one attached hydrogen (secondary N) is 1. The first kappa shape index (κ1) is 22.9. The minimum absolute atomic E-state index is 0.0693. The predicted molar refractivity (Wildman–Crippen MR) is 121 cm³/mol. The lowest BCUT2D eigenvalue weighted by Crippen LogP contribution is -2.37. The van der Waals surface area contributed by atoms with Gasteiger partial charge in [-0.05, 0) is 44.7 Å². The van der Waals surface area contributed by atoms with Crippen molar-refractivity contribution in [3.8, 4) is 5.75 Å². The molecule has 1 heterocycles. The number of hydrogen-bond donors (Lipinski definition) is 1. The summed E-state index contributed by atoms with van der Waals surface area (Å²) < 4.78 is 8.04. The Kier molecular flexibility index (Phi) is 8.45. The fraction of sp³-hybridized carbons (Fsp3) is 0.591. The Morgan fingerprint density at radius 1 is 1.27 bits per heavy atom. The summed E-state index contributed by atoms with van der Waals surface area (Å²) in [7, 11) is 0. The summed E-state index contributed by atoms with van der Waals surface area (Å²) in [6.45, 7) is 6.51. The van der Waals surface area contributed by atoms with Crippen LogP contribution in [0.5, 0.6) is 5.75 Å². The molecule has 30 heavy (non-hydrogen) atoms. The van der Waals surface area contributed by atoms with Crippen molar-refractivity contribution in [1.29, 1.82) is 0 Å². The van der Waals surface area contributed by atoms with E-state index in [2.05, 4.69) is 33.9 Å². The van der Waals surface area contributed by atoms with Gasteiger partial charge in [-0.15, -0.1) is 10.2 Å². The van der Waals surface area contributed by atoms with Gasteiger partial charge in [-0.25, -0.2) is 0 Å². The molecule has 0 aliphatic heterocycles. The van der Waals surface area contributed by atoms with E-state index in [1.54, 1.807) is 6.07 Å². The van der Waals surface area contributed by atoms with Crippen LogP contribution < -0.4 is 10.1 Å². The Morgan fingerprint density at radius 2 is 1.97 bits per heavy atom. The molecule has 0 bridgehead atoms. The molecule has 0 radical (unpaired) electrons. The van der Waals surface area contributed by atoms with E-state index in [4.69, 9.17) is 16.3 Å². The molecule has 0 spiro atoms.